The number of hydrogen-bond donors (Lipinski definition) is 3. The largest absolute Gasteiger partial charge is 0.495 e. The van der Waals surface area contributed by atoms with Crippen molar-refractivity contribution in [2.24, 2.45) is 5.73 Å². The summed E-state index contributed by atoms with van der Waals surface area (Å²) in [5.41, 5.74) is 10.2. The molecule has 0 saturated heterocycles. The minimum Gasteiger partial charge on any atom is -0.495 e. The molecule has 0 radical (unpaired) electrons. The van der Waals surface area contributed by atoms with Crippen LogP contribution in [-0.4, -0.2) is 48.7 Å². The van der Waals surface area contributed by atoms with Crippen LogP contribution in [0, 0.1) is 6.92 Å². The minimum absolute atomic E-state index is 0.376. The van der Waals surface area contributed by atoms with Crippen LogP contribution in [0.4, 0.5) is 5.69 Å². The first-order valence-corrected chi connectivity index (χ1v) is 10.8. The Kier molecular flexibility index (Phi) is 7.52. The average Bonchev–Trinajstić information content (AvgIpc) is 3.28. The molecule has 0 saturated carbocycles. The predicted molar refractivity (Wildman–Crippen MR) is 126 cm³/mol. The zero-order valence-corrected chi connectivity index (χ0v) is 19.5. The van der Waals surface area contributed by atoms with Crippen molar-refractivity contribution >= 4 is 29.1 Å². The molecule has 1 aromatic heterocycles. The summed E-state index contributed by atoms with van der Waals surface area (Å²) in [5, 5.41) is 13.5. The number of ether oxygens (including phenoxy) is 3. The molecule has 0 aliphatic carbocycles. The van der Waals surface area contributed by atoms with Crippen molar-refractivity contribution in [2.45, 2.75) is 19.4 Å². The molecule has 33 heavy (non-hydrogen) atoms. The van der Waals surface area contributed by atoms with E-state index in [1.54, 1.807) is 26.4 Å². The SMILES string of the molecule is COc1ccc(-c2csnc2-c2cc(C)c(OC)c(OC)c2)cc1NC(=O)[C@@H](N)CC(=O)O. The van der Waals surface area contributed by atoms with Crippen molar-refractivity contribution < 1.29 is 28.9 Å². The second-order valence-electron chi connectivity index (χ2n) is 7.21. The van der Waals surface area contributed by atoms with E-state index >= 15 is 0 Å². The van der Waals surface area contributed by atoms with Crippen LogP contribution in [0.3, 0.4) is 0 Å². The second kappa shape index (κ2) is 10.3. The Morgan fingerprint density at radius 2 is 1.82 bits per heavy atom. The summed E-state index contributed by atoms with van der Waals surface area (Å²) in [4.78, 5) is 23.3. The van der Waals surface area contributed by atoms with Crippen molar-refractivity contribution in [3.8, 4) is 39.6 Å². The van der Waals surface area contributed by atoms with Crippen LogP contribution >= 0.6 is 11.5 Å². The third-order valence-corrected chi connectivity index (χ3v) is 5.64. The first kappa shape index (κ1) is 24.0. The van der Waals surface area contributed by atoms with Crippen LogP contribution in [0.1, 0.15) is 12.0 Å². The van der Waals surface area contributed by atoms with Gasteiger partial charge in [-0.05, 0) is 53.8 Å². The number of nitrogens with two attached hydrogens (primary N) is 1. The third kappa shape index (κ3) is 5.24. The molecule has 1 atom stereocenters. The molecule has 10 heteroatoms. The van der Waals surface area contributed by atoms with Crippen molar-refractivity contribution in [3.63, 3.8) is 0 Å². The molecule has 0 unspecified atom stereocenters. The summed E-state index contributed by atoms with van der Waals surface area (Å²) in [6.45, 7) is 1.93. The maximum atomic E-state index is 12.4. The highest BCUT2D eigenvalue weighted by atomic mass is 32.1. The number of carbonyl (C=O) groups excluding carboxylic acids is 1. The van der Waals surface area contributed by atoms with Crippen molar-refractivity contribution in [1.29, 1.82) is 0 Å². The number of rotatable bonds is 9. The Balaban J connectivity index is 2.01. The van der Waals surface area contributed by atoms with Gasteiger partial charge in [0.05, 0.1) is 45.2 Å². The molecule has 0 aliphatic rings. The molecule has 2 aromatic carbocycles. The molecule has 1 amide bonds. The van der Waals surface area contributed by atoms with E-state index in [9.17, 15) is 9.59 Å². The molecule has 0 bridgehead atoms. The van der Waals surface area contributed by atoms with Crippen LogP contribution in [0.5, 0.6) is 17.2 Å². The van der Waals surface area contributed by atoms with Crippen molar-refractivity contribution in [2.75, 3.05) is 26.6 Å². The number of aryl methyl sites for hydroxylation is 1. The number of benzene rings is 2. The molecular formula is C23H25N3O6S. The molecule has 3 rings (SSSR count). The lowest BCUT2D eigenvalue weighted by Gasteiger charge is -2.15. The number of aliphatic carboxylic acids is 1. The van der Waals surface area contributed by atoms with Gasteiger partial charge in [0.15, 0.2) is 11.5 Å². The summed E-state index contributed by atoms with van der Waals surface area (Å²) in [6.07, 6.45) is -0.481. The van der Waals surface area contributed by atoms with Crippen molar-refractivity contribution in [1.82, 2.24) is 4.37 Å². The fraction of sp³-hybridized carbons (Fsp3) is 0.261. The van der Waals surface area contributed by atoms with Gasteiger partial charge in [0.25, 0.3) is 0 Å². The highest BCUT2D eigenvalue weighted by Crippen LogP contribution is 2.40. The topological polar surface area (TPSA) is 133 Å². The molecule has 9 nitrogen and oxygen atoms in total. The van der Waals surface area contributed by atoms with Gasteiger partial charge < -0.3 is 30.4 Å². The lowest BCUT2D eigenvalue weighted by molar-refractivity contribution is -0.138. The van der Waals surface area contributed by atoms with Crippen LogP contribution in [0.25, 0.3) is 22.4 Å². The predicted octanol–water partition coefficient (Wildman–Crippen LogP) is 3.55. The number of carboxylic acids is 1. The third-order valence-electron chi connectivity index (χ3n) is 5.01. The molecule has 0 fully saturated rings. The Hall–Kier alpha value is -3.63. The highest BCUT2D eigenvalue weighted by molar-refractivity contribution is 7.04. The van der Waals surface area contributed by atoms with E-state index in [4.69, 9.17) is 25.1 Å². The molecule has 0 aliphatic heterocycles. The van der Waals surface area contributed by atoms with Crippen molar-refractivity contribution in [3.05, 3.63) is 41.3 Å². The minimum atomic E-state index is -1.19. The van der Waals surface area contributed by atoms with E-state index in [1.165, 1.54) is 18.6 Å². The lowest BCUT2D eigenvalue weighted by atomic mass is 9.99. The quantitative estimate of drug-likeness (QED) is 0.431. The van der Waals surface area contributed by atoms with Gasteiger partial charge in [0, 0.05) is 16.5 Å². The first-order chi connectivity index (χ1) is 15.8. The Labute approximate surface area is 195 Å². The van der Waals surface area contributed by atoms with Gasteiger partial charge in [0.1, 0.15) is 5.75 Å². The van der Waals surface area contributed by atoms with E-state index in [2.05, 4.69) is 9.69 Å². The number of carbonyl (C=O) groups is 2. The summed E-state index contributed by atoms with van der Waals surface area (Å²) >= 11 is 1.30. The van der Waals surface area contributed by atoms with E-state index < -0.39 is 24.3 Å². The van der Waals surface area contributed by atoms with Gasteiger partial charge in [-0.3, -0.25) is 9.59 Å². The van der Waals surface area contributed by atoms with Gasteiger partial charge in [-0.2, -0.15) is 4.37 Å². The Morgan fingerprint density at radius 3 is 2.45 bits per heavy atom. The average molecular weight is 472 g/mol. The van der Waals surface area contributed by atoms with Gasteiger partial charge in [0.2, 0.25) is 5.91 Å². The summed E-state index contributed by atoms with van der Waals surface area (Å²) in [7, 11) is 4.65. The highest BCUT2D eigenvalue weighted by Gasteiger charge is 2.20. The zero-order chi connectivity index (χ0) is 24.1. The molecule has 174 valence electrons. The molecular weight excluding hydrogens is 446 g/mol. The number of aromatic nitrogens is 1. The maximum absolute atomic E-state index is 12.4. The van der Waals surface area contributed by atoms with E-state index in [0.29, 0.717) is 22.9 Å². The number of amides is 1. The number of methoxy groups -OCH3 is 3. The van der Waals surface area contributed by atoms with Crippen LogP contribution < -0.4 is 25.3 Å². The molecule has 4 N–H and O–H groups in total. The number of nitrogens with one attached hydrogen (secondary N) is 1. The zero-order valence-electron chi connectivity index (χ0n) is 18.7. The normalized spacial score (nSPS) is 11.5. The number of nitrogens with zero attached hydrogens (tertiary/aromatic N) is 1. The van der Waals surface area contributed by atoms with Crippen LogP contribution in [-0.2, 0) is 9.59 Å². The number of hydrogen-bond acceptors (Lipinski definition) is 8. The fourth-order valence-electron chi connectivity index (χ4n) is 3.42. The van der Waals surface area contributed by atoms with Gasteiger partial charge in [-0.25, -0.2) is 0 Å². The van der Waals surface area contributed by atoms with E-state index in [-0.39, 0.29) is 0 Å². The van der Waals surface area contributed by atoms with Gasteiger partial charge >= 0.3 is 5.97 Å². The Morgan fingerprint density at radius 1 is 1.09 bits per heavy atom. The number of carboxylic acid groups (broad SMARTS) is 1. The lowest BCUT2D eigenvalue weighted by Crippen LogP contribution is -2.37. The molecule has 0 spiro atoms. The van der Waals surface area contributed by atoms with Crippen LogP contribution in [0.15, 0.2) is 35.7 Å². The standard InChI is InChI=1S/C23H25N3O6S/c1-12-7-14(9-19(31-3)22(12)32-4)21-15(11-33-26-21)13-5-6-18(30-2)17(8-13)25-23(29)16(24)10-20(27)28/h5-9,11,16H,10,24H2,1-4H3,(H,25,29)(H,27,28)/t16-/m0/s1. The summed E-state index contributed by atoms with van der Waals surface area (Å²) in [5.74, 6) is -0.0994. The van der Waals surface area contributed by atoms with Gasteiger partial charge in [-0.1, -0.05) is 6.07 Å². The first-order valence-electron chi connectivity index (χ1n) is 9.93. The maximum Gasteiger partial charge on any atom is 0.305 e. The van der Waals surface area contributed by atoms with Gasteiger partial charge in [-0.15, -0.1) is 0 Å². The second-order valence-corrected chi connectivity index (χ2v) is 7.84. The summed E-state index contributed by atoms with van der Waals surface area (Å²) in [6, 6.07) is 7.95. The smallest absolute Gasteiger partial charge is 0.305 e. The summed E-state index contributed by atoms with van der Waals surface area (Å²) < 4.78 is 20.8. The molecule has 3 aromatic rings. The Bertz CT molecular complexity index is 1180. The monoisotopic (exact) mass is 471 g/mol. The number of anilines is 1. The van der Waals surface area contributed by atoms with Crippen LogP contribution in [0.2, 0.25) is 0 Å². The molecule has 1 heterocycles. The van der Waals surface area contributed by atoms with E-state index in [1.807, 2.05) is 30.5 Å². The fourth-order valence-corrected chi connectivity index (χ4v) is 4.14. The van der Waals surface area contributed by atoms with E-state index in [0.717, 1.165) is 27.9 Å².